The quantitative estimate of drug-likeness (QED) is 0.911. The molecule has 2 aliphatic rings. The molecule has 1 unspecified atom stereocenters. The fourth-order valence-corrected chi connectivity index (χ4v) is 3.98. The van der Waals surface area contributed by atoms with Crippen LogP contribution in [0.25, 0.3) is 0 Å². The zero-order valence-corrected chi connectivity index (χ0v) is 14.3. The number of carboxylic acid groups (broad SMARTS) is 1. The highest BCUT2D eigenvalue weighted by Crippen LogP contribution is 2.28. The van der Waals surface area contributed by atoms with Crippen LogP contribution in [0.5, 0.6) is 0 Å². The molecule has 0 saturated carbocycles. The molecule has 1 saturated heterocycles. The molecule has 1 aromatic rings. The van der Waals surface area contributed by atoms with Crippen molar-refractivity contribution in [3.8, 4) is 0 Å². The summed E-state index contributed by atoms with van der Waals surface area (Å²) >= 11 is 0. The summed E-state index contributed by atoms with van der Waals surface area (Å²) in [6, 6.07) is 0.464. The van der Waals surface area contributed by atoms with Crippen LogP contribution >= 0.6 is 0 Å². The Hall–Kier alpha value is -1.40. The summed E-state index contributed by atoms with van der Waals surface area (Å²) < 4.78 is 1.94. The number of aromatic carboxylic acids is 1. The molecule has 1 aliphatic heterocycles. The Morgan fingerprint density at radius 3 is 2.87 bits per heavy atom. The van der Waals surface area contributed by atoms with E-state index in [9.17, 15) is 9.90 Å². The number of aryl methyl sites for hydroxylation is 1. The van der Waals surface area contributed by atoms with Crippen molar-refractivity contribution in [1.29, 1.82) is 0 Å². The third-order valence-corrected chi connectivity index (χ3v) is 5.23. The number of fused-ring (bicyclic) bond motifs is 1. The van der Waals surface area contributed by atoms with Gasteiger partial charge >= 0.3 is 5.97 Å². The van der Waals surface area contributed by atoms with Crippen molar-refractivity contribution in [2.45, 2.75) is 51.6 Å². The molecule has 6 nitrogen and oxygen atoms in total. The van der Waals surface area contributed by atoms with Gasteiger partial charge in [0.05, 0.1) is 0 Å². The molecule has 0 bridgehead atoms. The van der Waals surface area contributed by atoms with Gasteiger partial charge in [0, 0.05) is 36.9 Å². The number of carbonyl (C=O) groups is 1. The Balaban J connectivity index is 1.80. The van der Waals surface area contributed by atoms with Gasteiger partial charge in [-0.3, -0.25) is 9.58 Å². The van der Waals surface area contributed by atoms with E-state index in [1.54, 1.807) is 0 Å². The topological polar surface area (TPSA) is 61.6 Å². The van der Waals surface area contributed by atoms with Crippen molar-refractivity contribution in [2.75, 3.05) is 33.2 Å². The fraction of sp³-hybridized carbons (Fsp3) is 0.765. The van der Waals surface area contributed by atoms with E-state index in [4.69, 9.17) is 0 Å². The maximum Gasteiger partial charge on any atom is 0.356 e. The van der Waals surface area contributed by atoms with Crippen molar-refractivity contribution < 1.29 is 9.90 Å². The van der Waals surface area contributed by atoms with Crippen molar-refractivity contribution in [2.24, 2.45) is 0 Å². The van der Waals surface area contributed by atoms with Crippen LogP contribution in [0.3, 0.4) is 0 Å². The van der Waals surface area contributed by atoms with Crippen molar-refractivity contribution in [1.82, 2.24) is 19.6 Å². The maximum absolute atomic E-state index is 11.6. The van der Waals surface area contributed by atoms with Gasteiger partial charge in [-0.05, 0) is 52.2 Å². The van der Waals surface area contributed by atoms with Crippen molar-refractivity contribution in [3.05, 3.63) is 17.0 Å². The molecule has 6 heteroatoms. The zero-order valence-electron chi connectivity index (χ0n) is 14.3. The van der Waals surface area contributed by atoms with E-state index < -0.39 is 5.97 Å². The summed E-state index contributed by atoms with van der Waals surface area (Å²) in [5, 5.41) is 13.9. The van der Waals surface area contributed by atoms with E-state index in [0.717, 1.165) is 69.7 Å². The first-order valence-electron chi connectivity index (χ1n) is 8.84. The van der Waals surface area contributed by atoms with Gasteiger partial charge in [0.15, 0.2) is 5.69 Å². The lowest BCUT2D eigenvalue weighted by atomic mass is 9.90. The van der Waals surface area contributed by atoms with Crippen LogP contribution in [0.4, 0.5) is 0 Å². The summed E-state index contributed by atoms with van der Waals surface area (Å²) in [6.07, 6.45) is 5.08. The molecule has 128 valence electrons. The monoisotopic (exact) mass is 320 g/mol. The van der Waals surface area contributed by atoms with Gasteiger partial charge in [0.2, 0.25) is 0 Å². The van der Waals surface area contributed by atoms with Crippen LogP contribution in [0.1, 0.15) is 47.9 Å². The van der Waals surface area contributed by atoms with Crippen LogP contribution in [0, 0.1) is 0 Å². The average molecular weight is 320 g/mol. The fourth-order valence-electron chi connectivity index (χ4n) is 3.98. The molecule has 2 heterocycles. The molecule has 23 heavy (non-hydrogen) atoms. The highest BCUT2D eigenvalue weighted by atomic mass is 16.4. The Morgan fingerprint density at radius 1 is 1.30 bits per heavy atom. The van der Waals surface area contributed by atoms with Crippen molar-refractivity contribution in [3.63, 3.8) is 0 Å². The maximum atomic E-state index is 11.6. The predicted octanol–water partition coefficient (Wildman–Crippen LogP) is 1.49. The smallest absolute Gasteiger partial charge is 0.356 e. The molecule has 1 aromatic heterocycles. The van der Waals surface area contributed by atoms with E-state index >= 15 is 0 Å². The number of aromatic nitrogens is 2. The predicted molar refractivity (Wildman–Crippen MR) is 89.0 cm³/mol. The molecule has 0 amide bonds. The standard InChI is InChI=1S/C17H28N4O2/c1-3-7-21-15-6-5-13(12-14(15)16(18-21)17(22)23)20-9-4-8-19(2)10-11-20/h13H,3-12H2,1-2H3,(H,22,23). The Bertz CT molecular complexity index is 569. The number of nitrogens with zero attached hydrogens (tertiary/aromatic N) is 4. The highest BCUT2D eigenvalue weighted by Gasteiger charge is 2.31. The Labute approximate surface area is 138 Å². The lowest BCUT2D eigenvalue weighted by Gasteiger charge is -2.33. The van der Waals surface area contributed by atoms with E-state index in [0.29, 0.717) is 6.04 Å². The van der Waals surface area contributed by atoms with Gasteiger partial charge in [-0.2, -0.15) is 5.10 Å². The number of hydrogen-bond acceptors (Lipinski definition) is 4. The lowest BCUT2D eigenvalue weighted by molar-refractivity contribution is 0.0687. The molecule has 1 atom stereocenters. The minimum atomic E-state index is -0.882. The number of hydrogen-bond donors (Lipinski definition) is 1. The minimum Gasteiger partial charge on any atom is -0.476 e. The minimum absolute atomic E-state index is 0.282. The normalized spacial score (nSPS) is 23.5. The van der Waals surface area contributed by atoms with Gasteiger partial charge in [-0.15, -0.1) is 0 Å². The third-order valence-electron chi connectivity index (χ3n) is 5.23. The van der Waals surface area contributed by atoms with E-state index in [1.807, 2.05) is 4.68 Å². The molecule has 1 aliphatic carbocycles. The summed E-state index contributed by atoms with van der Waals surface area (Å²) in [5.74, 6) is -0.882. The molecule has 1 fully saturated rings. The molecule has 0 aromatic carbocycles. The van der Waals surface area contributed by atoms with Crippen LogP contribution in [0.15, 0.2) is 0 Å². The second-order valence-corrected chi connectivity index (χ2v) is 6.89. The molecular weight excluding hydrogens is 292 g/mol. The second-order valence-electron chi connectivity index (χ2n) is 6.89. The molecule has 0 radical (unpaired) electrons. The van der Waals surface area contributed by atoms with Crippen molar-refractivity contribution >= 4 is 5.97 Å². The first kappa shape index (κ1) is 16.5. The first-order valence-corrected chi connectivity index (χ1v) is 8.84. The number of carboxylic acids is 1. The number of likely N-dealkylation sites (N-methyl/N-ethyl adjacent to an activating group) is 1. The first-order chi connectivity index (χ1) is 11.1. The summed E-state index contributed by atoms with van der Waals surface area (Å²) in [7, 11) is 2.18. The van der Waals surface area contributed by atoms with Crippen LogP contribution in [-0.4, -0.2) is 69.9 Å². The highest BCUT2D eigenvalue weighted by molar-refractivity contribution is 5.87. The van der Waals surface area contributed by atoms with Gasteiger partial charge in [0.25, 0.3) is 0 Å². The summed E-state index contributed by atoms with van der Waals surface area (Å²) in [5.41, 5.74) is 2.43. The SMILES string of the molecule is CCCn1nc(C(=O)O)c2c1CCC(N1CCCN(C)CC1)C2. The molecule has 3 rings (SSSR count). The summed E-state index contributed by atoms with van der Waals surface area (Å²) in [6.45, 7) is 7.38. The Morgan fingerprint density at radius 2 is 2.13 bits per heavy atom. The second kappa shape index (κ2) is 7.01. The van der Waals surface area contributed by atoms with E-state index in [-0.39, 0.29) is 5.69 Å². The number of rotatable bonds is 4. The van der Waals surface area contributed by atoms with Crippen LogP contribution < -0.4 is 0 Å². The molecule has 0 spiro atoms. The summed E-state index contributed by atoms with van der Waals surface area (Å²) in [4.78, 5) is 16.5. The van der Waals surface area contributed by atoms with Crippen LogP contribution in [-0.2, 0) is 19.4 Å². The van der Waals surface area contributed by atoms with Gasteiger partial charge in [-0.1, -0.05) is 6.92 Å². The third kappa shape index (κ3) is 3.43. The largest absolute Gasteiger partial charge is 0.476 e. The van der Waals surface area contributed by atoms with Gasteiger partial charge in [0.1, 0.15) is 0 Å². The van der Waals surface area contributed by atoms with E-state index in [2.05, 4.69) is 28.9 Å². The zero-order chi connectivity index (χ0) is 16.4. The Kier molecular flexibility index (Phi) is 5.02. The van der Waals surface area contributed by atoms with Gasteiger partial charge < -0.3 is 10.0 Å². The average Bonchev–Trinajstić information content (AvgIpc) is 2.74. The van der Waals surface area contributed by atoms with Crippen LogP contribution in [0.2, 0.25) is 0 Å². The molecule has 1 N–H and O–H groups in total. The molecular formula is C17H28N4O2. The van der Waals surface area contributed by atoms with E-state index in [1.165, 1.54) is 6.42 Å². The lowest BCUT2D eigenvalue weighted by Crippen LogP contribution is -2.41. The van der Waals surface area contributed by atoms with Gasteiger partial charge in [-0.25, -0.2) is 4.79 Å².